The summed E-state index contributed by atoms with van der Waals surface area (Å²) >= 11 is 1.43. The fourth-order valence-corrected chi connectivity index (χ4v) is 3.12. The van der Waals surface area contributed by atoms with E-state index >= 15 is 0 Å². The number of nitrogens with zero attached hydrogens (tertiary/aromatic N) is 1. The number of nitrogens with two attached hydrogens (primary N) is 1. The number of hydrogen-bond acceptors (Lipinski definition) is 4. The van der Waals surface area contributed by atoms with E-state index in [0.29, 0.717) is 12.6 Å². The van der Waals surface area contributed by atoms with Gasteiger partial charge >= 0.3 is 0 Å². The predicted octanol–water partition coefficient (Wildman–Crippen LogP) is 1.70. The average Bonchev–Trinajstić information content (AvgIpc) is 2.94. The van der Waals surface area contributed by atoms with Crippen LogP contribution in [0.25, 0.3) is 0 Å². The van der Waals surface area contributed by atoms with E-state index in [4.69, 9.17) is 10.5 Å². The molecule has 0 radical (unpaired) electrons. The van der Waals surface area contributed by atoms with Crippen LogP contribution in [0.15, 0.2) is 12.1 Å². The molecule has 4 nitrogen and oxygen atoms in total. The Morgan fingerprint density at radius 1 is 1.50 bits per heavy atom. The molecule has 1 aliphatic rings. The van der Waals surface area contributed by atoms with Crippen LogP contribution >= 0.6 is 11.3 Å². The van der Waals surface area contributed by atoms with Gasteiger partial charge in [-0.1, -0.05) is 11.8 Å². The topological polar surface area (TPSA) is 55.6 Å². The number of likely N-dealkylation sites (tertiary alicyclic amines) is 1. The molecule has 0 unspecified atom stereocenters. The number of ether oxygens (including phenoxy) is 1. The maximum absolute atomic E-state index is 12.4. The van der Waals surface area contributed by atoms with Crippen molar-refractivity contribution < 1.29 is 9.53 Å². The van der Waals surface area contributed by atoms with Gasteiger partial charge in [-0.3, -0.25) is 4.79 Å². The minimum atomic E-state index is 0.103. The average molecular weight is 292 g/mol. The third kappa shape index (κ3) is 3.83. The van der Waals surface area contributed by atoms with E-state index in [9.17, 15) is 4.79 Å². The lowest BCUT2D eigenvalue weighted by Crippen LogP contribution is -2.40. The molecule has 1 fully saturated rings. The standard InChI is InChI=1S/C15H20N2O2S/c1-2-19-12-7-10-17(11-8-12)15(18)14-6-5-13(20-14)4-3-9-16/h5-6,12H,2,7-11,16H2,1H3. The van der Waals surface area contributed by atoms with Crippen molar-refractivity contribution in [1.29, 1.82) is 0 Å². The smallest absolute Gasteiger partial charge is 0.263 e. The Kier molecular flexibility index (Phi) is 5.60. The molecule has 20 heavy (non-hydrogen) atoms. The largest absolute Gasteiger partial charge is 0.378 e. The molecule has 2 heterocycles. The van der Waals surface area contributed by atoms with Gasteiger partial charge in [0.05, 0.1) is 22.4 Å². The second-order valence-electron chi connectivity index (χ2n) is 4.62. The molecule has 1 aromatic rings. The first-order valence-corrected chi connectivity index (χ1v) is 7.76. The van der Waals surface area contributed by atoms with Gasteiger partial charge < -0.3 is 15.4 Å². The Labute approximate surface area is 123 Å². The van der Waals surface area contributed by atoms with Crippen LogP contribution in [-0.4, -0.2) is 43.2 Å². The van der Waals surface area contributed by atoms with Gasteiger partial charge in [-0.2, -0.15) is 0 Å². The fraction of sp³-hybridized carbons (Fsp3) is 0.533. The Hall–Kier alpha value is -1.35. The number of piperidine rings is 1. The lowest BCUT2D eigenvalue weighted by Gasteiger charge is -2.31. The summed E-state index contributed by atoms with van der Waals surface area (Å²) in [7, 11) is 0. The van der Waals surface area contributed by atoms with Crippen LogP contribution in [0.2, 0.25) is 0 Å². The molecule has 0 saturated carbocycles. The molecule has 1 saturated heterocycles. The Morgan fingerprint density at radius 2 is 2.25 bits per heavy atom. The molecule has 1 amide bonds. The van der Waals surface area contributed by atoms with Crippen molar-refractivity contribution in [3.63, 3.8) is 0 Å². The third-order valence-corrected chi connectivity index (χ3v) is 4.25. The number of carbonyl (C=O) groups is 1. The lowest BCUT2D eigenvalue weighted by atomic mass is 10.1. The highest BCUT2D eigenvalue weighted by Crippen LogP contribution is 2.21. The van der Waals surface area contributed by atoms with Gasteiger partial charge in [0.2, 0.25) is 0 Å². The summed E-state index contributed by atoms with van der Waals surface area (Å²) in [6.07, 6.45) is 2.15. The first kappa shape index (κ1) is 15.0. The first-order chi connectivity index (χ1) is 9.74. The van der Waals surface area contributed by atoms with Crippen LogP contribution in [0, 0.1) is 11.8 Å². The quantitative estimate of drug-likeness (QED) is 0.863. The molecular formula is C15H20N2O2S. The van der Waals surface area contributed by atoms with Crippen LogP contribution in [-0.2, 0) is 4.74 Å². The summed E-state index contributed by atoms with van der Waals surface area (Å²) < 4.78 is 5.60. The molecular weight excluding hydrogens is 272 g/mol. The van der Waals surface area contributed by atoms with Crippen molar-refractivity contribution in [1.82, 2.24) is 4.90 Å². The van der Waals surface area contributed by atoms with Crippen molar-refractivity contribution in [3.05, 3.63) is 21.9 Å². The summed E-state index contributed by atoms with van der Waals surface area (Å²) in [6, 6.07) is 3.73. The number of hydrogen-bond donors (Lipinski definition) is 1. The van der Waals surface area contributed by atoms with E-state index < -0.39 is 0 Å². The van der Waals surface area contributed by atoms with Crippen molar-refractivity contribution in [2.75, 3.05) is 26.2 Å². The molecule has 2 N–H and O–H groups in total. The number of thiophene rings is 1. The van der Waals surface area contributed by atoms with Gasteiger partial charge in [-0.25, -0.2) is 0 Å². The molecule has 0 spiro atoms. The van der Waals surface area contributed by atoms with Gasteiger partial charge in [-0.15, -0.1) is 11.3 Å². The second-order valence-corrected chi connectivity index (χ2v) is 5.70. The van der Waals surface area contributed by atoms with Crippen LogP contribution in [0.5, 0.6) is 0 Å². The zero-order valence-electron chi connectivity index (χ0n) is 11.7. The minimum absolute atomic E-state index is 0.103. The molecule has 0 aliphatic carbocycles. The highest BCUT2D eigenvalue weighted by molar-refractivity contribution is 7.14. The molecule has 0 bridgehead atoms. The Morgan fingerprint density at radius 3 is 2.90 bits per heavy atom. The fourth-order valence-electron chi connectivity index (χ4n) is 2.28. The number of amides is 1. The lowest BCUT2D eigenvalue weighted by molar-refractivity contribution is 0.0147. The van der Waals surface area contributed by atoms with Crippen molar-refractivity contribution in [2.45, 2.75) is 25.9 Å². The van der Waals surface area contributed by atoms with Gasteiger partial charge in [0.15, 0.2) is 0 Å². The minimum Gasteiger partial charge on any atom is -0.378 e. The molecule has 5 heteroatoms. The predicted molar refractivity (Wildman–Crippen MR) is 80.8 cm³/mol. The maximum Gasteiger partial charge on any atom is 0.263 e. The van der Waals surface area contributed by atoms with Crippen molar-refractivity contribution in [2.24, 2.45) is 5.73 Å². The Bertz CT molecular complexity index is 507. The van der Waals surface area contributed by atoms with Gasteiger partial charge in [0.1, 0.15) is 0 Å². The van der Waals surface area contributed by atoms with Crippen LogP contribution in [0.1, 0.15) is 34.3 Å². The monoisotopic (exact) mass is 292 g/mol. The molecule has 2 rings (SSSR count). The zero-order chi connectivity index (χ0) is 14.4. The summed E-state index contributed by atoms with van der Waals surface area (Å²) in [4.78, 5) is 15.9. The maximum atomic E-state index is 12.4. The molecule has 0 atom stereocenters. The highest BCUT2D eigenvalue weighted by Gasteiger charge is 2.24. The van der Waals surface area contributed by atoms with Gasteiger partial charge in [0.25, 0.3) is 5.91 Å². The highest BCUT2D eigenvalue weighted by atomic mass is 32.1. The van der Waals surface area contributed by atoms with E-state index in [1.165, 1.54) is 11.3 Å². The zero-order valence-corrected chi connectivity index (χ0v) is 12.5. The molecule has 1 aromatic heterocycles. The van der Waals surface area contributed by atoms with Crippen molar-refractivity contribution >= 4 is 17.2 Å². The van der Waals surface area contributed by atoms with Crippen LogP contribution < -0.4 is 5.73 Å². The van der Waals surface area contributed by atoms with E-state index in [0.717, 1.165) is 42.3 Å². The summed E-state index contributed by atoms with van der Waals surface area (Å²) in [5.74, 6) is 5.86. The van der Waals surface area contributed by atoms with E-state index in [1.54, 1.807) is 0 Å². The molecule has 0 aromatic carbocycles. The number of carbonyl (C=O) groups excluding carboxylic acids is 1. The normalized spacial score (nSPS) is 15.8. The molecule has 108 valence electrons. The summed E-state index contributed by atoms with van der Waals surface area (Å²) in [5, 5.41) is 0. The summed E-state index contributed by atoms with van der Waals surface area (Å²) in [6.45, 7) is 4.63. The second kappa shape index (κ2) is 7.44. The SMILES string of the molecule is CCOC1CCN(C(=O)c2ccc(C#CCN)s2)CC1. The van der Waals surface area contributed by atoms with E-state index in [2.05, 4.69) is 11.8 Å². The van der Waals surface area contributed by atoms with E-state index in [-0.39, 0.29) is 5.91 Å². The van der Waals surface area contributed by atoms with Gasteiger partial charge in [0, 0.05) is 19.7 Å². The molecule has 1 aliphatic heterocycles. The van der Waals surface area contributed by atoms with E-state index in [1.807, 2.05) is 24.0 Å². The third-order valence-electron chi connectivity index (χ3n) is 3.26. The number of rotatable bonds is 3. The van der Waals surface area contributed by atoms with Crippen LogP contribution in [0.4, 0.5) is 0 Å². The van der Waals surface area contributed by atoms with Crippen LogP contribution in [0.3, 0.4) is 0 Å². The first-order valence-electron chi connectivity index (χ1n) is 6.94. The van der Waals surface area contributed by atoms with Gasteiger partial charge in [-0.05, 0) is 31.9 Å². The Balaban J connectivity index is 1.93. The van der Waals surface area contributed by atoms with Crippen molar-refractivity contribution in [3.8, 4) is 11.8 Å². The summed E-state index contributed by atoms with van der Waals surface area (Å²) in [5.41, 5.74) is 5.34.